The predicted molar refractivity (Wildman–Crippen MR) is 90.0 cm³/mol. The molecule has 0 radical (unpaired) electrons. The zero-order valence-corrected chi connectivity index (χ0v) is 13.9. The summed E-state index contributed by atoms with van der Waals surface area (Å²) in [6.07, 6.45) is 1.45. The summed E-state index contributed by atoms with van der Waals surface area (Å²) in [7, 11) is 0. The number of carbonyl (C=O) groups excluding carboxylic acids is 2. The monoisotopic (exact) mass is 327 g/mol. The number of unbranched alkanes of at least 4 members (excludes halogenated alkanes) is 1. The van der Waals surface area contributed by atoms with Gasteiger partial charge in [-0.05, 0) is 31.5 Å². The van der Waals surface area contributed by atoms with Gasteiger partial charge >= 0.3 is 0 Å². The van der Waals surface area contributed by atoms with E-state index in [1.165, 1.54) is 0 Å². The lowest BCUT2D eigenvalue weighted by Crippen LogP contribution is -2.42. The van der Waals surface area contributed by atoms with E-state index in [0.717, 1.165) is 12.8 Å². The summed E-state index contributed by atoms with van der Waals surface area (Å²) in [6.45, 7) is 4.32. The lowest BCUT2D eigenvalue weighted by molar-refractivity contribution is -0.135. The number of amides is 1. The van der Waals surface area contributed by atoms with E-state index in [1.54, 1.807) is 36.1 Å². The first-order chi connectivity index (χ1) is 11.5. The van der Waals surface area contributed by atoms with E-state index in [1.807, 2.05) is 19.1 Å². The van der Waals surface area contributed by atoms with Crippen LogP contribution in [0.1, 0.15) is 48.1 Å². The highest BCUT2D eigenvalue weighted by atomic mass is 16.3. The van der Waals surface area contributed by atoms with Gasteiger partial charge in [-0.2, -0.15) is 0 Å². The molecule has 2 heterocycles. The smallest absolute Gasteiger partial charge is 0.264 e. The number of Topliss-reactive ketones (excluding diaryl/α,β-unsaturated/α-hetero) is 1. The Bertz CT molecular complexity index is 779. The summed E-state index contributed by atoms with van der Waals surface area (Å²) < 4.78 is 5.33. The van der Waals surface area contributed by atoms with E-state index in [2.05, 4.69) is 0 Å². The minimum Gasteiger partial charge on any atom is -0.458 e. The Hall–Kier alpha value is -2.40. The molecule has 0 spiro atoms. The van der Waals surface area contributed by atoms with E-state index in [4.69, 9.17) is 4.42 Å². The second-order valence-electron chi connectivity index (χ2n) is 6.20. The normalized spacial score (nSPS) is 19.6. The van der Waals surface area contributed by atoms with Crippen LogP contribution in [0.4, 0.5) is 5.69 Å². The summed E-state index contributed by atoms with van der Waals surface area (Å²) in [5.41, 5.74) is -0.660. The van der Waals surface area contributed by atoms with Gasteiger partial charge in [-0.25, -0.2) is 0 Å². The molecule has 0 saturated heterocycles. The van der Waals surface area contributed by atoms with Crippen LogP contribution in [0.3, 0.4) is 0 Å². The van der Waals surface area contributed by atoms with Gasteiger partial charge in [0.2, 0.25) is 5.78 Å². The van der Waals surface area contributed by atoms with E-state index in [-0.39, 0.29) is 18.0 Å². The molecule has 2 aromatic rings. The number of ketones is 1. The maximum absolute atomic E-state index is 12.9. The van der Waals surface area contributed by atoms with Crippen LogP contribution in [-0.4, -0.2) is 23.3 Å². The molecule has 1 aliphatic heterocycles. The summed E-state index contributed by atoms with van der Waals surface area (Å²) >= 11 is 0. The van der Waals surface area contributed by atoms with Gasteiger partial charge in [-0.1, -0.05) is 31.5 Å². The predicted octanol–water partition coefficient (Wildman–Crippen LogP) is 3.20. The van der Waals surface area contributed by atoms with Gasteiger partial charge in [0, 0.05) is 12.1 Å². The molecule has 1 N–H and O–H groups in total. The van der Waals surface area contributed by atoms with Crippen molar-refractivity contribution >= 4 is 17.4 Å². The molecule has 0 aliphatic carbocycles. The van der Waals surface area contributed by atoms with Gasteiger partial charge in [-0.15, -0.1) is 0 Å². The average Bonchev–Trinajstić information content (AvgIpc) is 3.09. The second-order valence-corrected chi connectivity index (χ2v) is 6.20. The van der Waals surface area contributed by atoms with Crippen LogP contribution in [0.15, 0.2) is 40.8 Å². The Morgan fingerprint density at radius 2 is 2.00 bits per heavy atom. The number of rotatable bonds is 6. The number of carbonyl (C=O) groups is 2. The fourth-order valence-electron chi connectivity index (χ4n) is 3.12. The van der Waals surface area contributed by atoms with Crippen molar-refractivity contribution in [3.63, 3.8) is 0 Å². The number of hydrogen-bond acceptors (Lipinski definition) is 4. The molecule has 1 aliphatic rings. The molecular weight excluding hydrogens is 306 g/mol. The summed E-state index contributed by atoms with van der Waals surface area (Å²) in [5.74, 6) is -0.0360. The third kappa shape index (κ3) is 2.65. The van der Waals surface area contributed by atoms with E-state index < -0.39 is 11.5 Å². The molecule has 1 aromatic carbocycles. The zero-order chi connectivity index (χ0) is 17.3. The summed E-state index contributed by atoms with van der Waals surface area (Å²) in [6, 6.07) is 10.4. The molecule has 5 heteroatoms. The largest absolute Gasteiger partial charge is 0.458 e. The molecule has 1 amide bonds. The number of aliphatic hydroxyl groups is 1. The fourth-order valence-corrected chi connectivity index (χ4v) is 3.12. The Kier molecular flexibility index (Phi) is 4.28. The molecule has 126 valence electrons. The minimum absolute atomic E-state index is 0.165. The molecule has 0 bridgehead atoms. The molecule has 1 atom stereocenters. The Labute approximate surface area is 140 Å². The number of hydrogen-bond donors (Lipinski definition) is 1. The van der Waals surface area contributed by atoms with Crippen LogP contribution < -0.4 is 4.90 Å². The van der Waals surface area contributed by atoms with Gasteiger partial charge in [0.1, 0.15) is 5.76 Å². The van der Waals surface area contributed by atoms with Gasteiger partial charge in [0.15, 0.2) is 11.4 Å². The third-order valence-electron chi connectivity index (χ3n) is 4.41. The van der Waals surface area contributed by atoms with Crippen LogP contribution in [0.5, 0.6) is 0 Å². The third-order valence-corrected chi connectivity index (χ3v) is 4.41. The maximum Gasteiger partial charge on any atom is 0.264 e. The molecule has 5 nitrogen and oxygen atoms in total. The average molecular weight is 327 g/mol. The second kappa shape index (κ2) is 6.24. The van der Waals surface area contributed by atoms with Crippen LogP contribution in [-0.2, 0) is 10.4 Å². The van der Waals surface area contributed by atoms with Gasteiger partial charge in [-0.3, -0.25) is 9.59 Å². The van der Waals surface area contributed by atoms with Crippen molar-refractivity contribution in [3.05, 3.63) is 53.5 Å². The van der Waals surface area contributed by atoms with E-state index >= 15 is 0 Å². The number of furan rings is 1. The first kappa shape index (κ1) is 16.5. The van der Waals surface area contributed by atoms with Gasteiger partial charge in [0.25, 0.3) is 5.91 Å². The van der Waals surface area contributed by atoms with Crippen LogP contribution in [0, 0.1) is 6.92 Å². The van der Waals surface area contributed by atoms with Crippen LogP contribution >= 0.6 is 0 Å². The SMILES string of the molecule is CCCCN1C(=O)[C@](O)(CC(=O)c2ccc(C)o2)c2ccccc21. The highest BCUT2D eigenvalue weighted by molar-refractivity contribution is 6.10. The fraction of sp³-hybridized carbons (Fsp3) is 0.368. The molecule has 0 fully saturated rings. The number of anilines is 1. The van der Waals surface area contributed by atoms with E-state index in [9.17, 15) is 14.7 Å². The lowest BCUT2D eigenvalue weighted by atomic mass is 9.89. The van der Waals surface area contributed by atoms with Crippen LogP contribution in [0.2, 0.25) is 0 Å². The molecule has 3 rings (SSSR count). The molecule has 0 saturated carbocycles. The topological polar surface area (TPSA) is 70.8 Å². The summed E-state index contributed by atoms with van der Waals surface area (Å²) in [5, 5.41) is 11.1. The number of fused-ring (bicyclic) bond motifs is 1. The highest BCUT2D eigenvalue weighted by Gasteiger charge is 2.50. The van der Waals surface area contributed by atoms with Crippen molar-refractivity contribution in [2.75, 3.05) is 11.4 Å². The van der Waals surface area contributed by atoms with Crippen molar-refractivity contribution in [2.24, 2.45) is 0 Å². The van der Waals surface area contributed by atoms with Crippen molar-refractivity contribution in [3.8, 4) is 0 Å². The Morgan fingerprint density at radius 1 is 1.25 bits per heavy atom. The quantitative estimate of drug-likeness (QED) is 0.827. The Morgan fingerprint density at radius 3 is 2.67 bits per heavy atom. The molecule has 24 heavy (non-hydrogen) atoms. The molecule has 1 aromatic heterocycles. The van der Waals surface area contributed by atoms with Crippen LogP contribution in [0.25, 0.3) is 0 Å². The van der Waals surface area contributed by atoms with Crippen molar-refractivity contribution in [1.82, 2.24) is 0 Å². The standard InChI is InChI=1S/C19H21NO4/c1-3-4-11-20-15-8-6-5-7-14(15)19(23,18(20)22)12-16(21)17-10-9-13(2)24-17/h5-10,23H,3-4,11-12H2,1-2H3/t19-/m0/s1. The highest BCUT2D eigenvalue weighted by Crippen LogP contribution is 2.42. The Balaban J connectivity index is 1.93. The number of benzene rings is 1. The molecule has 0 unspecified atom stereocenters. The van der Waals surface area contributed by atoms with Crippen molar-refractivity contribution in [2.45, 2.75) is 38.7 Å². The van der Waals surface area contributed by atoms with Gasteiger partial charge in [0.05, 0.1) is 12.1 Å². The first-order valence-electron chi connectivity index (χ1n) is 8.21. The van der Waals surface area contributed by atoms with Crippen molar-refractivity contribution < 1.29 is 19.1 Å². The van der Waals surface area contributed by atoms with Gasteiger partial charge < -0.3 is 14.4 Å². The number of nitrogens with zero attached hydrogens (tertiary/aromatic N) is 1. The molecular formula is C19H21NO4. The zero-order valence-electron chi connectivity index (χ0n) is 13.9. The van der Waals surface area contributed by atoms with E-state index in [0.29, 0.717) is 23.6 Å². The lowest BCUT2D eigenvalue weighted by Gasteiger charge is -2.22. The summed E-state index contributed by atoms with van der Waals surface area (Å²) in [4.78, 5) is 26.9. The van der Waals surface area contributed by atoms with Crippen molar-refractivity contribution in [1.29, 1.82) is 0 Å². The number of para-hydroxylation sites is 1. The minimum atomic E-state index is -1.83. The maximum atomic E-state index is 12.9. The first-order valence-corrected chi connectivity index (χ1v) is 8.21. The number of aryl methyl sites for hydroxylation is 1.